The number of hydrogen-bond acceptors (Lipinski definition) is 6. The molecular formula is C23H24N4O3S. The van der Waals surface area contributed by atoms with Gasteiger partial charge in [-0.3, -0.25) is 14.3 Å². The van der Waals surface area contributed by atoms with E-state index in [0.717, 1.165) is 42.9 Å². The van der Waals surface area contributed by atoms with Gasteiger partial charge < -0.3 is 14.6 Å². The first-order valence-corrected chi connectivity index (χ1v) is 11.3. The maximum atomic E-state index is 13.0. The van der Waals surface area contributed by atoms with Crippen molar-refractivity contribution < 1.29 is 4.74 Å². The average Bonchev–Trinajstić information content (AvgIpc) is 3.41. The molecule has 1 atom stereocenters. The van der Waals surface area contributed by atoms with Crippen LogP contribution in [0.2, 0.25) is 0 Å². The van der Waals surface area contributed by atoms with Crippen molar-refractivity contribution in [3.05, 3.63) is 69.0 Å². The molecule has 8 heteroatoms. The lowest BCUT2D eigenvalue weighted by molar-refractivity contribution is 0.318. The van der Waals surface area contributed by atoms with E-state index in [1.54, 1.807) is 13.3 Å². The Morgan fingerprint density at radius 3 is 2.94 bits per heavy atom. The maximum absolute atomic E-state index is 13.0. The van der Waals surface area contributed by atoms with E-state index in [1.807, 2.05) is 24.3 Å². The van der Waals surface area contributed by atoms with Crippen LogP contribution < -0.4 is 16.0 Å². The number of likely N-dealkylation sites (tertiary alicyclic amines) is 1. The summed E-state index contributed by atoms with van der Waals surface area (Å²) in [4.78, 5) is 35.1. The first kappa shape index (κ1) is 20.0. The van der Waals surface area contributed by atoms with E-state index in [2.05, 4.69) is 27.0 Å². The molecule has 160 valence electrons. The lowest BCUT2D eigenvalue weighted by Gasteiger charge is -2.17. The first-order valence-electron chi connectivity index (χ1n) is 10.5. The van der Waals surface area contributed by atoms with E-state index >= 15 is 0 Å². The fourth-order valence-electron chi connectivity index (χ4n) is 4.53. The van der Waals surface area contributed by atoms with Gasteiger partial charge in [-0.2, -0.15) is 0 Å². The Labute approximate surface area is 182 Å². The summed E-state index contributed by atoms with van der Waals surface area (Å²) < 4.78 is 8.31. The van der Waals surface area contributed by atoms with Crippen LogP contribution >= 0.6 is 11.3 Å². The van der Waals surface area contributed by atoms with Crippen molar-refractivity contribution in [2.75, 3.05) is 26.7 Å². The molecule has 1 aliphatic heterocycles. The van der Waals surface area contributed by atoms with Gasteiger partial charge in [-0.1, -0.05) is 18.2 Å². The summed E-state index contributed by atoms with van der Waals surface area (Å²) in [5.41, 5.74) is 1.89. The van der Waals surface area contributed by atoms with Crippen molar-refractivity contribution in [1.82, 2.24) is 19.4 Å². The number of para-hydroxylation sites is 1. The topological polar surface area (TPSA) is 80.2 Å². The third-order valence-electron chi connectivity index (χ3n) is 6.07. The van der Waals surface area contributed by atoms with Gasteiger partial charge in [-0.15, -0.1) is 11.3 Å². The smallest absolute Gasteiger partial charge is 0.328 e. The molecule has 0 unspecified atom stereocenters. The molecule has 7 nitrogen and oxygen atoms in total. The Morgan fingerprint density at radius 2 is 2.06 bits per heavy atom. The molecule has 0 spiro atoms. The quantitative estimate of drug-likeness (QED) is 0.502. The molecule has 4 heterocycles. The number of ether oxygens (including phenoxy) is 1. The SMILES string of the molecule is COc1ccccc1[C@@H]1CCN(CCCn2c(=O)[nH]c3c(sc4cccnc43)c2=O)C1. The Kier molecular flexibility index (Phi) is 5.33. The van der Waals surface area contributed by atoms with Gasteiger partial charge in [-0.05, 0) is 49.7 Å². The molecule has 1 aliphatic rings. The third-order valence-corrected chi connectivity index (χ3v) is 7.20. The molecule has 31 heavy (non-hydrogen) atoms. The molecule has 1 saturated heterocycles. The minimum atomic E-state index is -0.365. The van der Waals surface area contributed by atoms with Crippen LogP contribution in [-0.4, -0.2) is 46.2 Å². The highest BCUT2D eigenvalue weighted by Gasteiger charge is 2.25. The number of nitrogens with zero attached hydrogens (tertiary/aromatic N) is 3. The fraction of sp³-hybridized carbons (Fsp3) is 0.348. The molecule has 3 aromatic heterocycles. The monoisotopic (exact) mass is 436 g/mol. The summed E-state index contributed by atoms with van der Waals surface area (Å²) in [6, 6.07) is 12.0. The molecular weight excluding hydrogens is 412 g/mol. The van der Waals surface area contributed by atoms with Gasteiger partial charge in [0, 0.05) is 25.2 Å². The summed E-state index contributed by atoms with van der Waals surface area (Å²) in [6.07, 6.45) is 3.50. The molecule has 0 radical (unpaired) electrons. The molecule has 0 saturated carbocycles. The van der Waals surface area contributed by atoms with Gasteiger partial charge in [0.2, 0.25) is 0 Å². The Morgan fingerprint density at radius 1 is 1.19 bits per heavy atom. The van der Waals surface area contributed by atoms with Crippen molar-refractivity contribution in [1.29, 1.82) is 0 Å². The van der Waals surface area contributed by atoms with E-state index in [0.29, 0.717) is 28.2 Å². The standard InChI is InChI=1S/C23H24N4O3S/c1-30-17-7-3-2-6-16(17)15-9-13-26(14-15)11-5-12-27-22(28)21-20(25-23(27)29)19-18(31-21)8-4-10-24-19/h2-4,6-8,10,15H,5,9,11-14H2,1H3,(H,25,29)/t15-/m1/s1. The number of H-pyrrole nitrogens is 1. The molecule has 0 aliphatic carbocycles. The van der Waals surface area contributed by atoms with E-state index in [1.165, 1.54) is 21.5 Å². The van der Waals surface area contributed by atoms with Crippen LogP contribution in [0.4, 0.5) is 0 Å². The zero-order chi connectivity index (χ0) is 21.4. The van der Waals surface area contributed by atoms with Crippen LogP contribution in [0.5, 0.6) is 5.75 Å². The van der Waals surface area contributed by atoms with E-state index in [-0.39, 0.29) is 11.2 Å². The van der Waals surface area contributed by atoms with E-state index in [4.69, 9.17) is 4.74 Å². The third kappa shape index (κ3) is 3.66. The molecule has 1 aromatic carbocycles. The fourth-order valence-corrected chi connectivity index (χ4v) is 5.60. The summed E-state index contributed by atoms with van der Waals surface area (Å²) in [6.45, 7) is 3.23. The molecule has 4 aromatic rings. The predicted octanol–water partition coefficient (Wildman–Crippen LogP) is 3.19. The van der Waals surface area contributed by atoms with Crippen molar-refractivity contribution >= 4 is 31.8 Å². The number of rotatable bonds is 6. The lowest BCUT2D eigenvalue weighted by Crippen LogP contribution is -2.35. The van der Waals surface area contributed by atoms with Crippen molar-refractivity contribution in [3.8, 4) is 5.75 Å². The molecule has 0 amide bonds. The second kappa shape index (κ2) is 8.28. The minimum Gasteiger partial charge on any atom is -0.496 e. The number of pyridine rings is 1. The van der Waals surface area contributed by atoms with Gasteiger partial charge in [0.05, 0.1) is 17.3 Å². The molecule has 1 fully saturated rings. The number of fused-ring (bicyclic) bond motifs is 3. The molecule has 5 rings (SSSR count). The van der Waals surface area contributed by atoms with Crippen LogP contribution in [-0.2, 0) is 6.54 Å². The Bertz CT molecular complexity index is 1360. The van der Waals surface area contributed by atoms with Gasteiger partial charge in [0.1, 0.15) is 16.0 Å². The number of nitrogens with one attached hydrogen (secondary N) is 1. The molecule has 0 bridgehead atoms. The summed E-state index contributed by atoms with van der Waals surface area (Å²) in [7, 11) is 1.71. The van der Waals surface area contributed by atoms with Crippen LogP contribution in [0.15, 0.2) is 52.2 Å². The highest BCUT2D eigenvalue weighted by molar-refractivity contribution is 7.25. The number of thiophene rings is 1. The zero-order valence-corrected chi connectivity index (χ0v) is 18.2. The Balaban J connectivity index is 1.28. The van der Waals surface area contributed by atoms with Gasteiger partial charge in [0.15, 0.2) is 0 Å². The van der Waals surface area contributed by atoms with Crippen molar-refractivity contribution in [2.24, 2.45) is 0 Å². The second-order valence-corrected chi connectivity index (χ2v) is 8.98. The van der Waals surface area contributed by atoms with E-state index in [9.17, 15) is 9.59 Å². The number of aromatic nitrogens is 3. The van der Waals surface area contributed by atoms with Gasteiger partial charge >= 0.3 is 5.69 Å². The number of benzene rings is 1. The number of aromatic amines is 1. The van der Waals surface area contributed by atoms with Crippen molar-refractivity contribution in [2.45, 2.75) is 25.3 Å². The van der Waals surface area contributed by atoms with E-state index < -0.39 is 0 Å². The van der Waals surface area contributed by atoms with Crippen molar-refractivity contribution in [3.63, 3.8) is 0 Å². The number of methoxy groups -OCH3 is 1. The van der Waals surface area contributed by atoms with Crippen LogP contribution in [0.1, 0.15) is 24.3 Å². The summed E-state index contributed by atoms with van der Waals surface area (Å²) in [5, 5.41) is 0. The lowest BCUT2D eigenvalue weighted by atomic mass is 9.97. The van der Waals surface area contributed by atoms with Crippen LogP contribution in [0.25, 0.3) is 20.4 Å². The van der Waals surface area contributed by atoms with Crippen LogP contribution in [0, 0.1) is 0 Å². The second-order valence-electron chi connectivity index (χ2n) is 7.92. The minimum absolute atomic E-state index is 0.227. The highest BCUT2D eigenvalue weighted by Crippen LogP contribution is 2.33. The maximum Gasteiger partial charge on any atom is 0.328 e. The average molecular weight is 437 g/mol. The summed E-state index contributed by atoms with van der Waals surface area (Å²) >= 11 is 1.38. The summed E-state index contributed by atoms with van der Waals surface area (Å²) in [5.74, 6) is 1.39. The largest absolute Gasteiger partial charge is 0.496 e. The van der Waals surface area contributed by atoms with Gasteiger partial charge in [0.25, 0.3) is 5.56 Å². The number of hydrogen-bond donors (Lipinski definition) is 1. The highest BCUT2D eigenvalue weighted by atomic mass is 32.1. The first-order chi connectivity index (χ1) is 15.2. The Hall–Kier alpha value is -2.97. The predicted molar refractivity (Wildman–Crippen MR) is 123 cm³/mol. The molecule has 1 N–H and O–H groups in total. The zero-order valence-electron chi connectivity index (χ0n) is 17.3. The van der Waals surface area contributed by atoms with Crippen LogP contribution in [0.3, 0.4) is 0 Å². The normalized spacial score (nSPS) is 17.0. The van der Waals surface area contributed by atoms with Gasteiger partial charge in [-0.25, -0.2) is 4.79 Å².